The summed E-state index contributed by atoms with van der Waals surface area (Å²) in [5.41, 5.74) is 5.34. The topological polar surface area (TPSA) is 88.7 Å². The molecule has 1 aliphatic rings. The number of nitrogens with one attached hydrogen (secondary N) is 2. The molecule has 1 saturated carbocycles. The lowest BCUT2D eigenvalue weighted by molar-refractivity contribution is 0.0498. The molecule has 0 aromatic heterocycles. The molecule has 0 radical (unpaired) electrons. The molecule has 0 saturated heterocycles. The van der Waals surface area contributed by atoms with Crippen molar-refractivity contribution in [1.82, 2.24) is 10.6 Å². The van der Waals surface area contributed by atoms with Gasteiger partial charge in [-0.3, -0.25) is 4.99 Å². The molecule has 1 fully saturated rings. The summed E-state index contributed by atoms with van der Waals surface area (Å²) in [5.74, 6) is 1.41. The second kappa shape index (κ2) is 9.42. The Labute approximate surface area is 151 Å². The lowest BCUT2D eigenvalue weighted by Gasteiger charge is -2.24. The minimum Gasteiger partial charge on any atom is -0.444 e. The van der Waals surface area contributed by atoms with Gasteiger partial charge in [-0.05, 0) is 45.4 Å². The van der Waals surface area contributed by atoms with Crippen LogP contribution < -0.4 is 16.4 Å². The van der Waals surface area contributed by atoms with E-state index in [1.54, 1.807) is 0 Å². The summed E-state index contributed by atoms with van der Waals surface area (Å²) in [6, 6.07) is 0.0349. The number of ether oxygens (including phenoxy) is 1. The van der Waals surface area contributed by atoms with Gasteiger partial charge in [0.15, 0.2) is 5.96 Å². The summed E-state index contributed by atoms with van der Waals surface area (Å²) in [6.07, 6.45) is 1.88. The Bertz CT molecular complexity index is 376. The Morgan fingerprint density at radius 1 is 1.36 bits per heavy atom. The van der Waals surface area contributed by atoms with E-state index in [2.05, 4.69) is 29.5 Å². The zero-order chi connectivity index (χ0) is 16.0. The molecule has 4 N–H and O–H groups in total. The zero-order valence-corrected chi connectivity index (χ0v) is 16.6. The SMILES string of the molecule is CC(C)CN=C(N)NCC(NC(=O)OC(C)(C)C)C1CC1.I. The molecule has 0 aromatic rings. The first-order valence-electron chi connectivity index (χ1n) is 7.70. The Morgan fingerprint density at radius 3 is 2.41 bits per heavy atom. The van der Waals surface area contributed by atoms with Crippen molar-refractivity contribution < 1.29 is 9.53 Å². The second-order valence-electron chi connectivity index (χ2n) is 7.09. The fourth-order valence-electron chi connectivity index (χ4n) is 1.84. The molecule has 0 spiro atoms. The molecular formula is C15H31IN4O2. The maximum Gasteiger partial charge on any atom is 0.407 e. The molecule has 7 heteroatoms. The van der Waals surface area contributed by atoms with Gasteiger partial charge in [0.25, 0.3) is 0 Å². The number of guanidine groups is 1. The smallest absolute Gasteiger partial charge is 0.407 e. The number of aliphatic imine (C=N–C) groups is 1. The molecule has 0 bridgehead atoms. The number of amides is 1. The molecule has 1 amide bonds. The molecule has 1 aliphatic carbocycles. The summed E-state index contributed by atoms with van der Waals surface area (Å²) in [5, 5.41) is 6.01. The molecule has 0 aromatic carbocycles. The number of rotatable bonds is 6. The van der Waals surface area contributed by atoms with Gasteiger partial charge in [0.1, 0.15) is 5.60 Å². The minimum absolute atomic E-state index is 0. The van der Waals surface area contributed by atoms with Crippen LogP contribution in [0, 0.1) is 11.8 Å². The normalized spacial score (nSPS) is 16.7. The summed E-state index contributed by atoms with van der Waals surface area (Å²) in [4.78, 5) is 16.1. The highest BCUT2D eigenvalue weighted by Crippen LogP contribution is 2.32. The zero-order valence-electron chi connectivity index (χ0n) is 14.3. The highest BCUT2D eigenvalue weighted by Gasteiger charge is 2.33. The Morgan fingerprint density at radius 2 is 1.95 bits per heavy atom. The van der Waals surface area contributed by atoms with Gasteiger partial charge < -0.3 is 21.1 Å². The molecule has 1 rings (SSSR count). The Kier molecular flexibility index (Phi) is 9.11. The van der Waals surface area contributed by atoms with Gasteiger partial charge in [0.2, 0.25) is 0 Å². The van der Waals surface area contributed by atoms with E-state index >= 15 is 0 Å². The largest absolute Gasteiger partial charge is 0.444 e. The van der Waals surface area contributed by atoms with Crippen LogP contribution in [0.1, 0.15) is 47.5 Å². The van der Waals surface area contributed by atoms with Crippen molar-refractivity contribution in [3.63, 3.8) is 0 Å². The number of alkyl carbamates (subject to hydrolysis) is 1. The maximum absolute atomic E-state index is 11.8. The van der Waals surface area contributed by atoms with Crippen molar-refractivity contribution in [3.8, 4) is 0 Å². The maximum atomic E-state index is 11.8. The first-order valence-corrected chi connectivity index (χ1v) is 7.70. The molecule has 1 atom stereocenters. The number of nitrogens with zero attached hydrogens (tertiary/aromatic N) is 1. The predicted octanol–water partition coefficient (Wildman–Crippen LogP) is 2.47. The average Bonchev–Trinajstić information content (AvgIpc) is 3.13. The van der Waals surface area contributed by atoms with Crippen LogP contribution in [0.5, 0.6) is 0 Å². The van der Waals surface area contributed by atoms with Gasteiger partial charge in [-0.1, -0.05) is 13.8 Å². The van der Waals surface area contributed by atoms with E-state index < -0.39 is 5.60 Å². The van der Waals surface area contributed by atoms with E-state index in [4.69, 9.17) is 10.5 Å². The highest BCUT2D eigenvalue weighted by molar-refractivity contribution is 14.0. The van der Waals surface area contributed by atoms with Crippen LogP contribution in [-0.2, 0) is 4.74 Å². The van der Waals surface area contributed by atoms with E-state index in [0.29, 0.717) is 30.9 Å². The van der Waals surface area contributed by atoms with Crippen molar-refractivity contribution >= 4 is 36.0 Å². The molecule has 1 unspecified atom stereocenters. The van der Waals surface area contributed by atoms with Gasteiger partial charge in [0.05, 0.1) is 6.04 Å². The molecule has 130 valence electrons. The molecular weight excluding hydrogens is 395 g/mol. The number of halogens is 1. The van der Waals surface area contributed by atoms with Crippen molar-refractivity contribution in [2.24, 2.45) is 22.6 Å². The van der Waals surface area contributed by atoms with Crippen LogP contribution in [0.25, 0.3) is 0 Å². The summed E-state index contributed by atoms with van der Waals surface area (Å²) in [7, 11) is 0. The number of hydrogen-bond acceptors (Lipinski definition) is 3. The third-order valence-corrected chi connectivity index (χ3v) is 3.02. The number of hydrogen-bond donors (Lipinski definition) is 3. The predicted molar refractivity (Wildman–Crippen MR) is 101 cm³/mol. The van der Waals surface area contributed by atoms with Crippen LogP contribution in [0.4, 0.5) is 4.79 Å². The summed E-state index contributed by atoms with van der Waals surface area (Å²) in [6.45, 7) is 11.0. The first kappa shape index (κ1) is 21.3. The van der Waals surface area contributed by atoms with Crippen molar-refractivity contribution in [2.75, 3.05) is 13.1 Å². The summed E-state index contributed by atoms with van der Waals surface area (Å²) >= 11 is 0. The Hall–Kier alpha value is -0.730. The standard InChI is InChI=1S/C15H30N4O2.HI/c1-10(2)8-17-13(16)18-9-12(11-6-7-11)19-14(20)21-15(3,4)5;/h10-12H,6-9H2,1-5H3,(H,19,20)(H3,16,17,18);1H. The van der Waals surface area contributed by atoms with Gasteiger partial charge in [-0.15, -0.1) is 24.0 Å². The van der Waals surface area contributed by atoms with Crippen molar-refractivity contribution in [2.45, 2.75) is 59.1 Å². The van der Waals surface area contributed by atoms with Crippen molar-refractivity contribution in [1.29, 1.82) is 0 Å². The fourth-order valence-corrected chi connectivity index (χ4v) is 1.84. The van der Waals surface area contributed by atoms with Crippen LogP contribution >= 0.6 is 24.0 Å². The Balaban J connectivity index is 0.00000441. The van der Waals surface area contributed by atoms with E-state index in [1.807, 2.05) is 20.8 Å². The number of carbonyl (C=O) groups is 1. The molecule has 0 heterocycles. The van der Waals surface area contributed by atoms with Gasteiger partial charge in [0, 0.05) is 13.1 Å². The molecule has 0 aliphatic heterocycles. The minimum atomic E-state index is -0.483. The quantitative estimate of drug-likeness (QED) is 0.346. The second-order valence-corrected chi connectivity index (χ2v) is 7.09. The highest BCUT2D eigenvalue weighted by atomic mass is 127. The van der Waals surface area contributed by atoms with Gasteiger partial charge in [-0.2, -0.15) is 0 Å². The van der Waals surface area contributed by atoms with Crippen LogP contribution in [-0.4, -0.2) is 36.8 Å². The lowest BCUT2D eigenvalue weighted by atomic mass is 10.2. The van der Waals surface area contributed by atoms with E-state index in [1.165, 1.54) is 0 Å². The van der Waals surface area contributed by atoms with Crippen LogP contribution in [0.15, 0.2) is 4.99 Å². The monoisotopic (exact) mass is 426 g/mol. The fraction of sp³-hybridized carbons (Fsp3) is 0.867. The van der Waals surface area contributed by atoms with Crippen LogP contribution in [0.3, 0.4) is 0 Å². The third kappa shape index (κ3) is 10.1. The van der Waals surface area contributed by atoms with Crippen molar-refractivity contribution in [3.05, 3.63) is 0 Å². The molecule has 6 nitrogen and oxygen atoms in total. The van der Waals surface area contributed by atoms with E-state index in [0.717, 1.165) is 12.8 Å². The third-order valence-electron chi connectivity index (χ3n) is 3.02. The van der Waals surface area contributed by atoms with E-state index in [-0.39, 0.29) is 36.1 Å². The average molecular weight is 426 g/mol. The first-order chi connectivity index (χ1) is 9.67. The number of nitrogens with two attached hydrogens (primary N) is 1. The number of carbonyl (C=O) groups excluding carboxylic acids is 1. The summed E-state index contributed by atoms with van der Waals surface area (Å²) < 4.78 is 5.29. The van der Waals surface area contributed by atoms with Crippen LogP contribution in [0.2, 0.25) is 0 Å². The van der Waals surface area contributed by atoms with Gasteiger partial charge in [-0.25, -0.2) is 4.79 Å². The molecule has 22 heavy (non-hydrogen) atoms. The van der Waals surface area contributed by atoms with E-state index in [9.17, 15) is 4.79 Å². The lowest BCUT2D eigenvalue weighted by Crippen LogP contribution is -2.48. The van der Waals surface area contributed by atoms with Gasteiger partial charge >= 0.3 is 6.09 Å².